The van der Waals surface area contributed by atoms with Crippen LogP contribution in [0.2, 0.25) is 0 Å². The predicted molar refractivity (Wildman–Crippen MR) is 68.0 cm³/mol. The summed E-state index contributed by atoms with van der Waals surface area (Å²) in [4.78, 5) is 0. The van der Waals surface area contributed by atoms with Crippen molar-refractivity contribution in [3.63, 3.8) is 0 Å². The maximum Gasteiger partial charge on any atom is -0.00745 e. The number of hydrogen-bond donors (Lipinski definition) is 1. The van der Waals surface area contributed by atoms with E-state index in [1.165, 1.54) is 12.8 Å². The van der Waals surface area contributed by atoms with E-state index in [9.17, 15) is 0 Å². The Morgan fingerprint density at radius 3 is 2.00 bits per heavy atom. The molecule has 4 fully saturated rings. The SMILES string of the molecule is CCC(CCN)C1C2CC3CC(C2)CC1C3. The first kappa shape index (κ1) is 11.1. The highest BCUT2D eigenvalue weighted by atomic mass is 14.6. The Morgan fingerprint density at radius 1 is 1.00 bits per heavy atom. The summed E-state index contributed by atoms with van der Waals surface area (Å²) in [5.74, 6) is 6.42. The molecule has 0 saturated heterocycles. The van der Waals surface area contributed by atoms with Gasteiger partial charge in [-0.1, -0.05) is 13.3 Å². The fourth-order valence-electron chi connectivity index (χ4n) is 5.62. The van der Waals surface area contributed by atoms with Crippen molar-refractivity contribution in [2.45, 2.75) is 51.9 Å². The smallest absolute Gasteiger partial charge is 0.00745 e. The van der Waals surface area contributed by atoms with Crippen molar-refractivity contribution in [2.24, 2.45) is 41.2 Å². The second kappa shape index (κ2) is 4.33. The van der Waals surface area contributed by atoms with Crippen LogP contribution in [0.4, 0.5) is 0 Å². The number of rotatable bonds is 4. The molecule has 4 bridgehead atoms. The van der Waals surface area contributed by atoms with Gasteiger partial charge in [-0.3, -0.25) is 0 Å². The molecule has 0 heterocycles. The first-order chi connectivity index (χ1) is 7.81. The Kier molecular flexibility index (Phi) is 2.99. The van der Waals surface area contributed by atoms with Crippen molar-refractivity contribution in [3.8, 4) is 0 Å². The molecule has 92 valence electrons. The molecule has 0 aromatic carbocycles. The average Bonchev–Trinajstić information content (AvgIpc) is 2.26. The summed E-state index contributed by atoms with van der Waals surface area (Å²) in [6, 6.07) is 0. The van der Waals surface area contributed by atoms with Gasteiger partial charge in [-0.15, -0.1) is 0 Å². The Morgan fingerprint density at radius 2 is 1.56 bits per heavy atom. The van der Waals surface area contributed by atoms with Gasteiger partial charge in [-0.2, -0.15) is 0 Å². The summed E-state index contributed by atoms with van der Waals surface area (Å²) in [6.45, 7) is 3.28. The van der Waals surface area contributed by atoms with E-state index in [-0.39, 0.29) is 0 Å². The van der Waals surface area contributed by atoms with Gasteiger partial charge < -0.3 is 5.73 Å². The van der Waals surface area contributed by atoms with Crippen molar-refractivity contribution < 1.29 is 0 Å². The highest BCUT2D eigenvalue weighted by Crippen LogP contribution is 2.59. The molecule has 2 N–H and O–H groups in total. The lowest BCUT2D eigenvalue weighted by Crippen LogP contribution is -2.47. The fraction of sp³-hybridized carbons (Fsp3) is 1.00. The second-order valence-electron chi connectivity index (χ2n) is 6.75. The largest absolute Gasteiger partial charge is 0.330 e. The molecule has 1 atom stereocenters. The minimum absolute atomic E-state index is 0.904. The predicted octanol–water partition coefficient (Wildman–Crippen LogP) is 3.43. The van der Waals surface area contributed by atoms with Gasteiger partial charge >= 0.3 is 0 Å². The zero-order valence-electron chi connectivity index (χ0n) is 10.7. The molecule has 4 aliphatic rings. The van der Waals surface area contributed by atoms with Gasteiger partial charge in [0.25, 0.3) is 0 Å². The summed E-state index contributed by atoms with van der Waals surface area (Å²) in [7, 11) is 0. The van der Waals surface area contributed by atoms with Crippen LogP contribution in [-0.2, 0) is 0 Å². The summed E-state index contributed by atoms with van der Waals surface area (Å²) < 4.78 is 0. The van der Waals surface area contributed by atoms with Crippen LogP contribution in [0.1, 0.15) is 51.9 Å². The van der Waals surface area contributed by atoms with E-state index in [1.54, 1.807) is 32.1 Å². The first-order valence-electron chi connectivity index (χ1n) is 7.51. The van der Waals surface area contributed by atoms with Crippen molar-refractivity contribution in [3.05, 3.63) is 0 Å². The van der Waals surface area contributed by atoms with Gasteiger partial charge in [0.1, 0.15) is 0 Å². The molecule has 0 amide bonds. The van der Waals surface area contributed by atoms with Gasteiger partial charge in [-0.25, -0.2) is 0 Å². The van der Waals surface area contributed by atoms with E-state index in [0.29, 0.717) is 0 Å². The number of nitrogens with two attached hydrogens (primary N) is 1. The molecule has 0 radical (unpaired) electrons. The van der Waals surface area contributed by atoms with Gasteiger partial charge in [0.15, 0.2) is 0 Å². The number of hydrogen-bond acceptors (Lipinski definition) is 1. The lowest BCUT2D eigenvalue weighted by molar-refractivity contribution is -0.0633. The Hall–Kier alpha value is -0.0400. The van der Waals surface area contributed by atoms with Gasteiger partial charge in [0.05, 0.1) is 0 Å². The lowest BCUT2D eigenvalue weighted by atomic mass is 9.49. The third-order valence-electron chi connectivity index (χ3n) is 5.91. The maximum atomic E-state index is 5.80. The van der Waals surface area contributed by atoms with Crippen molar-refractivity contribution >= 4 is 0 Å². The van der Waals surface area contributed by atoms with Crippen LogP contribution in [-0.4, -0.2) is 6.54 Å². The minimum atomic E-state index is 0.904. The monoisotopic (exact) mass is 221 g/mol. The minimum Gasteiger partial charge on any atom is -0.330 e. The second-order valence-corrected chi connectivity index (χ2v) is 6.75. The third kappa shape index (κ3) is 1.72. The standard InChI is InChI=1S/C15H27N/c1-2-12(3-4-16)15-13-6-10-5-11(8-13)9-14(15)7-10/h10-15H,2-9,16H2,1H3. The third-order valence-corrected chi connectivity index (χ3v) is 5.91. The Labute approximate surface area is 100 Å². The fourth-order valence-corrected chi connectivity index (χ4v) is 5.62. The molecular formula is C15H27N. The van der Waals surface area contributed by atoms with Crippen LogP contribution in [0.15, 0.2) is 0 Å². The van der Waals surface area contributed by atoms with E-state index >= 15 is 0 Å². The maximum absolute atomic E-state index is 5.80. The van der Waals surface area contributed by atoms with E-state index < -0.39 is 0 Å². The molecule has 1 nitrogen and oxygen atoms in total. The summed E-state index contributed by atoms with van der Waals surface area (Å²) >= 11 is 0. The topological polar surface area (TPSA) is 26.0 Å². The van der Waals surface area contributed by atoms with E-state index in [0.717, 1.165) is 42.1 Å². The zero-order valence-corrected chi connectivity index (χ0v) is 10.7. The lowest BCUT2D eigenvalue weighted by Gasteiger charge is -2.56. The first-order valence-corrected chi connectivity index (χ1v) is 7.51. The van der Waals surface area contributed by atoms with Crippen LogP contribution < -0.4 is 5.73 Å². The van der Waals surface area contributed by atoms with E-state index in [2.05, 4.69) is 6.92 Å². The molecule has 0 aliphatic heterocycles. The molecule has 0 aromatic rings. The summed E-state index contributed by atoms with van der Waals surface area (Å²) in [5, 5.41) is 0. The Balaban J connectivity index is 1.75. The molecule has 0 aromatic heterocycles. The zero-order chi connectivity index (χ0) is 11.1. The van der Waals surface area contributed by atoms with Gasteiger partial charge in [0.2, 0.25) is 0 Å². The molecule has 4 rings (SSSR count). The van der Waals surface area contributed by atoms with Gasteiger partial charge in [-0.05, 0) is 80.6 Å². The van der Waals surface area contributed by atoms with Crippen LogP contribution in [0, 0.1) is 35.5 Å². The van der Waals surface area contributed by atoms with E-state index in [1.807, 2.05) is 0 Å². The quantitative estimate of drug-likeness (QED) is 0.773. The highest BCUT2D eigenvalue weighted by Gasteiger charge is 2.49. The summed E-state index contributed by atoms with van der Waals surface area (Å²) in [6.07, 6.45) is 10.5. The molecule has 4 saturated carbocycles. The Bertz CT molecular complexity index is 217. The highest BCUT2D eigenvalue weighted by molar-refractivity contribution is 4.99. The van der Waals surface area contributed by atoms with Crippen molar-refractivity contribution in [2.75, 3.05) is 6.54 Å². The molecule has 16 heavy (non-hydrogen) atoms. The molecule has 4 aliphatic carbocycles. The molecule has 1 unspecified atom stereocenters. The van der Waals surface area contributed by atoms with Crippen LogP contribution in [0.25, 0.3) is 0 Å². The normalized spacial score (nSPS) is 47.2. The van der Waals surface area contributed by atoms with Crippen LogP contribution in [0.3, 0.4) is 0 Å². The molecule has 1 heteroatoms. The molecular weight excluding hydrogens is 194 g/mol. The van der Waals surface area contributed by atoms with Gasteiger partial charge in [0, 0.05) is 0 Å². The molecule has 0 spiro atoms. The van der Waals surface area contributed by atoms with E-state index in [4.69, 9.17) is 5.73 Å². The van der Waals surface area contributed by atoms with Crippen molar-refractivity contribution in [1.82, 2.24) is 0 Å². The van der Waals surface area contributed by atoms with Crippen molar-refractivity contribution in [1.29, 1.82) is 0 Å². The average molecular weight is 221 g/mol. The summed E-state index contributed by atoms with van der Waals surface area (Å²) in [5.41, 5.74) is 5.80. The van der Waals surface area contributed by atoms with Crippen LogP contribution >= 0.6 is 0 Å². The van der Waals surface area contributed by atoms with Crippen LogP contribution in [0.5, 0.6) is 0 Å².